The molecule has 1 aromatic carbocycles. The van der Waals surface area contributed by atoms with Crippen LogP contribution >= 0.6 is 15.9 Å². The topological polar surface area (TPSA) is 66.5 Å². The molecule has 0 saturated heterocycles. The maximum Gasteiger partial charge on any atom is 0.225 e. The number of halogens is 1. The van der Waals surface area contributed by atoms with E-state index in [1.165, 1.54) is 14.1 Å². The van der Waals surface area contributed by atoms with Gasteiger partial charge >= 0.3 is 0 Å². The molecule has 1 rings (SSSR count). The quantitative estimate of drug-likeness (QED) is 0.890. The second-order valence-electron chi connectivity index (χ2n) is 3.90. The maximum atomic E-state index is 11.6. The molecule has 0 atom stereocenters. The van der Waals surface area contributed by atoms with Gasteiger partial charge in [-0.2, -0.15) is 0 Å². The zero-order valence-electron chi connectivity index (χ0n) is 10.2. The van der Waals surface area contributed by atoms with Crippen LogP contribution in [0.15, 0.2) is 28.7 Å². The van der Waals surface area contributed by atoms with Crippen LogP contribution < -0.4 is 5.32 Å². The lowest BCUT2D eigenvalue weighted by atomic mass is 10.3. The number of carbonyl (C=O) groups is 1. The van der Waals surface area contributed by atoms with Crippen LogP contribution in [0.4, 0.5) is 5.69 Å². The number of nitrogens with one attached hydrogen (secondary N) is 1. The van der Waals surface area contributed by atoms with Gasteiger partial charge in [0.05, 0.1) is 5.75 Å². The molecule has 1 amide bonds. The van der Waals surface area contributed by atoms with E-state index in [9.17, 15) is 13.2 Å². The first-order valence-electron chi connectivity index (χ1n) is 5.27. The van der Waals surface area contributed by atoms with E-state index in [0.29, 0.717) is 5.69 Å². The van der Waals surface area contributed by atoms with E-state index in [0.717, 1.165) is 8.78 Å². The molecule has 0 radical (unpaired) electrons. The van der Waals surface area contributed by atoms with Crippen molar-refractivity contribution in [2.24, 2.45) is 0 Å². The van der Waals surface area contributed by atoms with E-state index in [1.54, 1.807) is 24.3 Å². The Morgan fingerprint density at radius 3 is 2.33 bits per heavy atom. The molecule has 100 valence electrons. The normalized spacial score (nSPS) is 11.6. The summed E-state index contributed by atoms with van der Waals surface area (Å²) in [4.78, 5) is 11.6. The Kier molecular flexibility index (Phi) is 5.30. The Bertz CT molecular complexity index is 512. The van der Waals surface area contributed by atoms with Gasteiger partial charge in [-0.15, -0.1) is 0 Å². The van der Waals surface area contributed by atoms with E-state index < -0.39 is 10.0 Å². The van der Waals surface area contributed by atoms with Crippen LogP contribution in [0, 0.1) is 0 Å². The SMILES string of the molecule is CN(C)S(=O)(=O)CCC(=O)Nc1ccc(Br)cc1. The number of rotatable bonds is 5. The summed E-state index contributed by atoms with van der Waals surface area (Å²) in [5, 5.41) is 2.64. The minimum absolute atomic E-state index is 0.0590. The van der Waals surface area contributed by atoms with Crippen LogP contribution in [-0.2, 0) is 14.8 Å². The molecule has 1 aromatic rings. The fraction of sp³-hybridized carbons (Fsp3) is 0.364. The lowest BCUT2D eigenvalue weighted by Gasteiger charge is -2.11. The van der Waals surface area contributed by atoms with Crippen LogP contribution in [0.2, 0.25) is 0 Å². The summed E-state index contributed by atoms with van der Waals surface area (Å²) in [7, 11) is -0.434. The summed E-state index contributed by atoms with van der Waals surface area (Å²) < 4.78 is 25.0. The molecule has 7 heteroatoms. The van der Waals surface area contributed by atoms with E-state index in [2.05, 4.69) is 21.2 Å². The third-order valence-electron chi connectivity index (χ3n) is 2.27. The van der Waals surface area contributed by atoms with E-state index in [4.69, 9.17) is 0 Å². The van der Waals surface area contributed by atoms with Gasteiger partial charge in [0.25, 0.3) is 0 Å². The molecule has 0 saturated carbocycles. The van der Waals surface area contributed by atoms with E-state index in [1.807, 2.05) is 0 Å². The van der Waals surface area contributed by atoms with E-state index >= 15 is 0 Å². The average Bonchev–Trinajstić information content (AvgIpc) is 2.29. The molecule has 0 aliphatic carbocycles. The fourth-order valence-electron chi connectivity index (χ4n) is 1.16. The van der Waals surface area contributed by atoms with Crippen LogP contribution in [0.1, 0.15) is 6.42 Å². The van der Waals surface area contributed by atoms with Crippen molar-refractivity contribution in [3.63, 3.8) is 0 Å². The van der Waals surface area contributed by atoms with Crippen molar-refractivity contribution in [1.29, 1.82) is 0 Å². The Hall–Kier alpha value is -0.920. The highest BCUT2D eigenvalue weighted by atomic mass is 79.9. The summed E-state index contributed by atoms with van der Waals surface area (Å²) in [5.41, 5.74) is 0.644. The van der Waals surface area contributed by atoms with Gasteiger partial charge in [0.15, 0.2) is 0 Å². The van der Waals surface area contributed by atoms with Crippen molar-refractivity contribution in [3.05, 3.63) is 28.7 Å². The monoisotopic (exact) mass is 334 g/mol. The Labute approximate surface area is 115 Å². The highest BCUT2D eigenvalue weighted by Gasteiger charge is 2.15. The molecule has 0 spiro atoms. The number of benzene rings is 1. The van der Waals surface area contributed by atoms with Crippen LogP contribution in [0.25, 0.3) is 0 Å². The zero-order valence-corrected chi connectivity index (χ0v) is 12.6. The highest BCUT2D eigenvalue weighted by Crippen LogP contribution is 2.14. The molecule has 0 aliphatic rings. The van der Waals surface area contributed by atoms with Gasteiger partial charge in [-0.3, -0.25) is 4.79 Å². The van der Waals surface area contributed by atoms with Crippen LogP contribution in [-0.4, -0.2) is 38.5 Å². The third kappa shape index (κ3) is 4.75. The smallest absolute Gasteiger partial charge is 0.225 e. The molecule has 0 fully saturated rings. The first-order chi connectivity index (χ1) is 8.31. The van der Waals surface area contributed by atoms with Gasteiger partial charge in [0, 0.05) is 30.7 Å². The molecular weight excluding hydrogens is 320 g/mol. The molecule has 1 N–H and O–H groups in total. The standard InChI is InChI=1S/C11H15BrN2O3S/c1-14(2)18(16,17)8-7-11(15)13-10-5-3-9(12)4-6-10/h3-6H,7-8H2,1-2H3,(H,13,15). The zero-order chi connectivity index (χ0) is 13.8. The molecule has 0 aliphatic heterocycles. The maximum absolute atomic E-state index is 11.6. The fourth-order valence-corrected chi connectivity index (χ4v) is 2.23. The lowest BCUT2D eigenvalue weighted by Crippen LogP contribution is -2.27. The van der Waals surface area contributed by atoms with Gasteiger partial charge in [-0.25, -0.2) is 12.7 Å². The second kappa shape index (κ2) is 6.31. The van der Waals surface area contributed by atoms with Crippen molar-refractivity contribution in [2.45, 2.75) is 6.42 Å². The summed E-state index contributed by atoms with van der Waals surface area (Å²) in [6.07, 6.45) is -0.0590. The number of anilines is 1. The number of hydrogen-bond acceptors (Lipinski definition) is 3. The van der Waals surface area contributed by atoms with Gasteiger partial charge < -0.3 is 5.32 Å². The molecular formula is C11H15BrN2O3S. The number of carbonyl (C=O) groups excluding carboxylic acids is 1. The van der Waals surface area contributed by atoms with Gasteiger partial charge in [0.2, 0.25) is 15.9 Å². The van der Waals surface area contributed by atoms with Crippen LogP contribution in [0.3, 0.4) is 0 Å². The van der Waals surface area contributed by atoms with Gasteiger partial charge in [-0.1, -0.05) is 15.9 Å². The van der Waals surface area contributed by atoms with Crippen molar-refractivity contribution in [1.82, 2.24) is 4.31 Å². The molecule has 0 heterocycles. The molecule has 0 unspecified atom stereocenters. The van der Waals surface area contributed by atoms with Crippen molar-refractivity contribution in [3.8, 4) is 0 Å². The predicted molar refractivity (Wildman–Crippen MR) is 74.9 cm³/mol. The minimum Gasteiger partial charge on any atom is -0.326 e. The van der Waals surface area contributed by atoms with Gasteiger partial charge in [0.1, 0.15) is 0 Å². The first-order valence-corrected chi connectivity index (χ1v) is 7.67. The Balaban J connectivity index is 2.50. The average molecular weight is 335 g/mol. The van der Waals surface area contributed by atoms with E-state index in [-0.39, 0.29) is 18.1 Å². The third-order valence-corrected chi connectivity index (χ3v) is 4.63. The predicted octanol–water partition coefficient (Wildman–Crippen LogP) is 1.67. The minimum atomic E-state index is -3.33. The Morgan fingerprint density at radius 2 is 1.83 bits per heavy atom. The largest absolute Gasteiger partial charge is 0.326 e. The van der Waals surface area contributed by atoms with Crippen LogP contribution in [0.5, 0.6) is 0 Å². The lowest BCUT2D eigenvalue weighted by molar-refractivity contribution is -0.115. The van der Waals surface area contributed by atoms with Crippen molar-refractivity contribution < 1.29 is 13.2 Å². The first kappa shape index (κ1) is 15.1. The molecule has 18 heavy (non-hydrogen) atoms. The molecule has 0 bridgehead atoms. The second-order valence-corrected chi connectivity index (χ2v) is 7.12. The molecule has 0 aromatic heterocycles. The summed E-state index contributed by atoms with van der Waals surface area (Å²) in [5.74, 6) is -0.509. The number of nitrogens with zero attached hydrogens (tertiary/aromatic N) is 1. The number of amides is 1. The highest BCUT2D eigenvalue weighted by molar-refractivity contribution is 9.10. The summed E-state index contributed by atoms with van der Waals surface area (Å²) in [6, 6.07) is 7.07. The van der Waals surface area contributed by atoms with Crippen molar-refractivity contribution in [2.75, 3.05) is 25.2 Å². The summed E-state index contributed by atoms with van der Waals surface area (Å²) in [6.45, 7) is 0. The summed E-state index contributed by atoms with van der Waals surface area (Å²) >= 11 is 3.29. The Morgan fingerprint density at radius 1 is 1.28 bits per heavy atom. The number of sulfonamides is 1. The van der Waals surface area contributed by atoms with Crippen molar-refractivity contribution >= 4 is 37.5 Å². The molecule has 5 nitrogen and oxygen atoms in total. The van der Waals surface area contributed by atoms with Gasteiger partial charge in [-0.05, 0) is 24.3 Å². The number of hydrogen-bond donors (Lipinski definition) is 1.